The van der Waals surface area contributed by atoms with Crippen molar-refractivity contribution in [1.29, 1.82) is 0 Å². The normalized spacial score (nSPS) is 16.0. The largest absolute Gasteiger partial charge is 0.370 e. The van der Waals surface area contributed by atoms with E-state index in [1.807, 2.05) is 6.92 Å². The van der Waals surface area contributed by atoms with E-state index in [4.69, 9.17) is 5.73 Å². The van der Waals surface area contributed by atoms with E-state index in [9.17, 15) is 4.39 Å². The highest BCUT2D eigenvalue weighted by atomic mass is 19.1. The Morgan fingerprint density at radius 1 is 1.33 bits per heavy atom. The van der Waals surface area contributed by atoms with E-state index in [0.717, 1.165) is 24.0 Å². The minimum atomic E-state index is -0.324. The summed E-state index contributed by atoms with van der Waals surface area (Å²) in [6.07, 6.45) is 3.57. The summed E-state index contributed by atoms with van der Waals surface area (Å²) in [4.78, 5) is 15.4. The average Bonchev–Trinajstić information content (AvgIpc) is 3.04. The zero-order valence-corrected chi connectivity index (χ0v) is 13.9. The molecule has 1 aromatic carbocycles. The van der Waals surface area contributed by atoms with Crippen LogP contribution in [0.2, 0.25) is 0 Å². The van der Waals surface area contributed by atoms with Gasteiger partial charge in [0.2, 0.25) is 5.95 Å². The number of guanidine groups is 1. The summed E-state index contributed by atoms with van der Waals surface area (Å²) >= 11 is 0. The predicted molar refractivity (Wildman–Crippen MR) is 94.6 cm³/mol. The highest BCUT2D eigenvalue weighted by Crippen LogP contribution is 2.18. The molecule has 24 heavy (non-hydrogen) atoms. The van der Waals surface area contributed by atoms with Gasteiger partial charge in [-0.1, -0.05) is 0 Å². The first kappa shape index (κ1) is 16.6. The fraction of sp³-hybridized carbons (Fsp3) is 0.471. The van der Waals surface area contributed by atoms with Crippen molar-refractivity contribution < 1.29 is 4.39 Å². The van der Waals surface area contributed by atoms with Crippen molar-refractivity contribution in [3.8, 4) is 0 Å². The number of halogens is 1. The molecule has 0 spiro atoms. The van der Waals surface area contributed by atoms with Crippen molar-refractivity contribution in [2.45, 2.75) is 26.2 Å². The van der Waals surface area contributed by atoms with Gasteiger partial charge < -0.3 is 10.6 Å². The summed E-state index contributed by atoms with van der Waals surface area (Å²) < 4.78 is 13.4. The zero-order valence-electron chi connectivity index (χ0n) is 13.9. The van der Waals surface area contributed by atoms with Gasteiger partial charge in [-0.05, 0) is 58.0 Å². The number of hydrogen-bond donors (Lipinski definition) is 2. The lowest BCUT2D eigenvalue weighted by atomic mass is 10.2. The van der Waals surface area contributed by atoms with Gasteiger partial charge in [0.1, 0.15) is 5.82 Å². The summed E-state index contributed by atoms with van der Waals surface area (Å²) in [6.45, 7) is 5.96. The summed E-state index contributed by atoms with van der Waals surface area (Å²) in [6, 6.07) is 4.47. The van der Waals surface area contributed by atoms with Gasteiger partial charge in [0.25, 0.3) is 0 Å². The molecular formula is C17H23FN6. The van der Waals surface area contributed by atoms with Gasteiger partial charge in [-0.15, -0.1) is 0 Å². The Bertz CT molecular complexity index is 739. The Morgan fingerprint density at radius 3 is 2.92 bits per heavy atom. The van der Waals surface area contributed by atoms with Crippen LogP contribution < -0.4 is 11.1 Å². The standard InChI is InChI=1S/C17H23FN6/c1-12-14-6-5-13(18)11-15(14)22-17(21-12)23-16(19)20-7-4-10-24-8-2-3-9-24/h5-6,11H,2-4,7-10H2,1H3,(H3,19,20,21,22,23). The molecule has 0 unspecified atom stereocenters. The lowest BCUT2D eigenvalue weighted by molar-refractivity contribution is 0.336. The third-order valence-corrected chi connectivity index (χ3v) is 4.20. The zero-order chi connectivity index (χ0) is 16.9. The molecule has 3 N–H and O–H groups in total. The van der Waals surface area contributed by atoms with E-state index in [1.165, 1.54) is 38.1 Å². The van der Waals surface area contributed by atoms with Crippen molar-refractivity contribution >= 4 is 22.8 Å². The fourth-order valence-electron chi connectivity index (χ4n) is 2.97. The minimum Gasteiger partial charge on any atom is -0.370 e. The van der Waals surface area contributed by atoms with Crippen LogP contribution in [0.5, 0.6) is 0 Å². The van der Waals surface area contributed by atoms with Gasteiger partial charge >= 0.3 is 0 Å². The van der Waals surface area contributed by atoms with E-state index >= 15 is 0 Å². The first-order valence-electron chi connectivity index (χ1n) is 8.35. The maximum absolute atomic E-state index is 13.4. The van der Waals surface area contributed by atoms with Crippen LogP contribution in [-0.2, 0) is 0 Å². The molecule has 7 heteroatoms. The molecule has 1 aliphatic rings. The Hall–Kier alpha value is -2.28. The quantitative estimate of drug-likeness (QED) is 0.499. The lowest BCUT2D eigenvalue weighted by Gasteiger charge is -2.13. The van der Waals surface area contributed by atoms with Crippen LogP contribution in [0.25, 0.3) is 10.9 Å². The highest BCUT2D eigenvalue weighted by Gasteiger charge is 2.10. The van der Waals surface area contributed by atoms with E-state index in [-0.39, 0.29) is 11.8 Å². The van der Waals surface area contributed by atoms with Crippen LogP contribution in [-0.4, -0.2) is 47.0 Å². The number of aryl methyl sites for hydroxylation is 1. The molecule has 0 bridgehead atoms. The molecule has 0 atom stereocenters. The Morgan fingerprint density at radius 2 is 2.12 bits per heavy atom. The van der Waals surface area contributed by atoms with Gasteiger partial charge in [0, 0.05) is 18.0 Å². The van der Waals surface area contributed by atoms with Crippen molar-refractivity contribution in [2.24, 2.45) is 10.7 Å². The van der Waals surface area contributed by atoms with Gasteiger partial charge in [-0.2, -0.15) is 0 Å². The van der Waals surface area contributed by atoms with E-state index < -0.39 is 0 Å². The Labute approximate surface area is 141 Å². The van der Waals surface area contributed by atoms with Gasteiger partial charge in [0.05, 0.1) is 11.2 Å². The summed E-state index contributed by atoms with van der Waals surface area (Å²) in [5.74, 6) is 0.299. The van der Waals surface area contributed by atoms with Crippen LogP contribution in [0, 0.1) is 12.7 Å². The number of rotatable bonds is 5. The number of fused-ring (bicyclic) bond motifs is 1. The maximum atomic E-state index is 13.4. The fourth-order valence-corrected chi connectivity index (χ4v) is 2.97. The van der Waals surface area contributed by atoms with Crippen LogP contribution >= 0.6 is 0 Å². The third-order valence-electron chi connectivity index (χ3n) is 4.20. The first-order valence-corrected chi connectivity index (χ1v) is 8.35. The van der Waals surface area contributed by atoms with E-state index in [2.05, 4.69) is 25.2 Å². The molecule has 2 aromatic rings. The number of hydrogen-bond acceptors (Lipinski definition) is 4. The van der Waals surface area contributed by atoms with Crippen LogP contribution in [0.3, 0.4) is 0 Å². The predicted octanol–water partition coefficient (Wildman–Crippen LogP) is 2.29. The Kier molecular flexibility index (Phi) is 5.20. The van der Waals surface area contributed by atoms with Crippen molar-refractivity contribution in [1.82, 2.24) is 14.9 Å². The molecule has 6 nitrogen and oxygen atoms in total. The second-order valence-corrected chi connectivity index (χ2v) is 6.09. The average molecular weight is 330 g/mol. The van der Waals surface area contributed by atoms with E-state index in [1.54, 1.807) is 6.07 Å². The SMILES string of the molecule is Cc1nc(NC(N)=NCCCN2CCCC2)nc2cc(F)ccc12. The molecule has 0 amide bonds. The van der Waals surface area contributed by atoms with Crippen molar-refractivity contribution in [3.05, 3.63) is 29.7 Å². The molecule has 0 aliphatic carbocycles. The molecule has 0 saturated carbocycles. The molecule has 1 aliphatic heterocycles. The van der Waals surface area contributed by atoms with Gasteiger partial charge in [-0.25, -0.2) is 14.4 Å². The molecule has 1 aromatic heterocycles. The lowest BCUT2D eigenvalue weighted by Crippen LogP contribution is -2.25. The van der Waals surface area contributed by atoms with Crippen molar-refractivity contribution in [3.63, 3.8) is 0 Å². The van der Waals surface area contributed by atoms with Gasteiger partial charge in [-0.3, -0.25) is 10.3 Å². The summed E-state index contributed by atoms with van der Waals surface area (Å²) in [5.41, 5.74) is 7.21. The monoisotopic (exact) mass is 330 g/mol. The number of benzene rings is 1. The molecule has 3 rings (SSSR count). The second kappa shape index (κ2) is 7.53. The third kappa shape index (κ3) is 4.17. The molecule has 2 heterocycles. The number of likely N-dealkylation sites (tertiary alicyclic amines) is 1. The first-order chi connectivity index (χ1) is 11.6. The number of nitrogens with two attached hydrogens (primary N) is 1. The maximum Gasteiger partial charge on any atom is 0.230 e. The number of nitrogens with zero attached hydrogens (tertiary/aromatic N) is 4. The summed E-state index contributed by atoms with van der Waals surface area (Å²) in [5, 5.41) is 3.71. The number of nitrogens with one attached hydrogen (secondary N) is 1. The molecule has 1 fully saturated rings. The summed E-state index contributed by atoms with van der Waals surface area (Å²) in [7, 11) is 0. The number of aromatic nitrogens is 2. The molecule has 0 radical (unpaired) electrons. The minimum absolute atomic E-state index is 0.284. The second-order valence-electron chi connectivity index (χ2n) is 6.09. The highest BCUT2D eigenvalue weighted by molar-refractivity contribution is 5.92. The molecular weight excluding hydrogens is 307 g/mol. The van der Waals surface area contributed by atoms with Crippen LogP contribution in [0.1, 0.15) is 25.0 Å². The van der Waals surface area contributed by atoms with E-state index in [0.29, 0.717) is 18.0 Å². The smallest absolute Gasteiger partial charge is 0.230 e. The van der Waals surface area contributed by atoms with Crippen LogP contribution in [0.15, 0.2) is 23.2 Å². The topological polar surface area (TPSA) is 79.4 Å². The Balaban J connectivity index is 1.59. The molecule has 1 saturated heterocycles. The molecule has 128 valence electrons. The number of anilines is 1. The van der Waals surface area contributed by atoms with Gasteiger partial charge in [0.15, 0.2) is 5.96 Å². The van der Waals surface area contributed by atoms with Crippen LogP contribution in [0.4, 0.5) is 10.3 Å². The van der Waals surface area contributed by atoms with Crippen molar-refractivity contribution in [2.75, 3.05) is 31.5 Å². The number of aliphatic imine (C=N–C) groups is 1.